The smallest absolute Gasteiger partial charge is 0.157 e. The van der Waals surface area contributed by atoms with E-state index < -0.39 is 0 Å². The van der Waals surface area contributed by atoms with Crippen LogP contribution in [0.4, 0.5) is 0 Å². The first-order valence-corrected chi connectivity index (χ1v) is 6.75. The highest BCUT2D eigenvalue weighted by Crippen LogP contribution is 2.17. The van der Waals surface area contributed by atoms with Crippen molar-refractivity contribution < 1.29 is 14.2 Å². The Bertz CT molecular complexity index is 422. The molecule has 1 aliphatic rings. The van der Waals surface area contributed by atoms with Gasteiger partial charge in [0.15, 0.2) is 6.29 Å². The van der Waals surface area contributed by atoms with Crippen LogP contribution in [0, 0.1) is 11.3 Å². The number of ether oxygens (including phenoxy) is 3. The Balaban J connectivity index is 1.62. The Labute approximate surface area is 113 Å². The maximum Gasteiger partial charge on any atom is 0.157 e. The van der Waals surface area contributed by atoms with E-state index in [9.17, 15) is 0 Å². The standard InChI is InChI=1S/C15H19NO3/c16-12-13-6-1-2-7-14(13)17-10-5-11-19-15-8-3-4-9-18-15/h1-2,6-7,15H,3-5,8-11H2/t15-/m1/s1. The van der Waals surface area contributed by atoms with Crippen LogP contribution in [0.2, 0.25) is 0 Å². The van der Waals surface area contributed by atoms with Gasteiger partial charge in [-0.15, -0.1) is 0 Å². The third kappa shape index (κ3) is 4.55. The lowest BCUT2D eigenvalue weighted by atomic mass is 10.2. The first-order chi connectivity index (χ1) is 9.40. The van der Waals surface area contributed by atoms with Gasteiger partial charge in [0.25, 0.3) is 0 Å². The highest BCUT2D eigenvalue weighted by Gasteiger charge is 2.13. The quantitative estimate of drug-likeness (QED) is 0.739. The van der Waals surface area contributed by atoms with Gasteiger partial charge in [0.2, 0.25) is 0 Å². The maximum absolute atomic E-state index is 8.92. The normalized spacial score (nSPS) is 18.8. The Morgan fingerprint density at radius 3 is 2.95 bits per heavy atom. The van der Waals surface area contributed by atoms with Gasteiger partial charge in [-0.2, -0.15) is 5.26 Å². The van der Waals surface area contributed by atoms with E-state index in [1.54, 1.807) is 6.07 Å². The molecule has 1 aliphatic heterocycles. The van der Waals surface area contributed by atoms with Gasteiger partial charge < -0.3 is 14.2 Å². The lowest BCUT2D eigenvalue weighted by molar-refractivity contribution is -0.163. The number of nitriles is 1. The zero-order chi connectivity index (χ0) is 13.3. The fourth-order valence-electron chi connectivity index (χ4n) is 1.98. The molecule has 19 heavy (non-hydrogen) atoms. The van der Waals surface area contributed by atoms with Crippen LogP contribution in [0.25, 0.3) is 0 Å². The van der Waals surface area contributed by atoms with E-state index in [-0.39, 0.29) is 6.29 Å². The molecule has 0 spiro atoms. The molecular formula is C15H19NO3. The second-order valence-corrected chi connectivity index (χ2v) is 4.48. The molecule has 0 radical (unpaired) electrons. The van der Waals surface area contributed by atoms with E-state index in [4.69, 9.17) is 19.5 Å². The highest BCUT2D eigenvalue weighted by atomic mass is 16.7. The molecule has 0 aliphatic carbocycles. The monoisotopic (exact) mass is 261 g/mol. The maximum atomic E-state index is 8.92. The van der Waals surface area contributed by atoms with E-state index in [0.29, 0.717) is 24.5 Å². The number of benzene rings is 1. The van der Waals surface area contributed by atoms with Crippen molar-refractivity contribution in [3.05, 3.63) is 29.8 Å². The first-order valence-electron chi connectivity index (χ1n) is 6.75. The number of rotatable bonds is 6. The molecule has 1 aromatic carbocycles. The third-order valence-electron chi connectivity index (χ3n) is 3.00. The van der Waals surface area contributed by atoms with Gasteiger partial charge >= 0.3 is 0 Å². The van der Waals surface area contributed by atoms with Crippen molar-refractivity contribution >= 4 is 0 Å². The van der Waals surface area contributed by atoms with Crippen molar-refractivity contribution in [1.82, 2.24) is 0 Å². The minimum Gasteiger partial charge on any atom is -0.492 e. The minimum atomic E-state index is -0.0415. The van der Waals surface area contributed by atoms with E-state index in [1.807, 2.05) is 18.2 Å². The Morgan fingerprint density at radius 1 is 1.26 bits per heavy atom. The fourth-order valence-corrected chi connectivity index (χ4v) is 1.98. The molecular weight excluding hydrogens is 242 g/mol. The molecule has 0 unspecified atom stereocenters. The van der Waals surface area contributed by atoms with Crippen molar-refractivity contribution in [2.45, 2.75) is 32.0 Å². The van der Waals surface area contributed by atoms with E-state index in [1.165, 1.54) is 6.42 Å². The summed E-state index contributed by atoms with van der Waals surface area (Å²) in [6, 6.07) is 9.36. The lowest BCUT2D eigenvalue weighted by Gasteiger charge is -2.22. The van der Waals surface area contributed by atoms with Gasteiger partial charge in [-0.3, -0.25) is 0 Å². The van der Waals surface area contributed by atoms with Crippen molar-refractivity contribution in [1.29, 1.82) is 5.26 Å². The minimum absolute atomic E-state index is 0.0415. The molecule has 0 saturated carbocycles. The number of nitrogens with zero attached hydrogens (tertiary/aromatic N) is 1. The second-order valence-electron chi connectivity index (χ2n) is 4.48. The molecule has 0 N–H and O–H groups in total. The van der Waals surface area contributed by atoms with Crippen LogP contribution in [0.1, 0.15) is 31.2 Å². The SMILES string of the molecule is N#Cc1ccccc1OCCCO[C@@H]1CCCCO1. The molecule has 1 fully saturated rings. The van der Waals surface area contributed by atoms with Gasteiger partial charge in [-0.05, 0) is 31.4 Å². The van der Waals surface area contributed by atoms with Gasteiger partial charge in [0, 0.05) is 13.0 Å². The lowest BCUT2D eigenvalue weighted by Crippen LogP contribution is -2.23. The zero-order valence-corrected chi connectivity index (χ0v) is 11.0. The van der Waals surface area contributed by atoms with Crippen molar-refractivity contribution in [2.75, 3.05) is 19.8 Å². The van der Waals surface area contributed by atoms with Crippen LogP contribution >= 0.6 is 0 Å². The number of hydrogen-bond donors (Lipinski definition) is 0. The highest BCUT2D eigenvalue weighted by molar-refractivity contribution is 5.42. The molecule has 0 aromatic heterocycles. The molecule has 0 amide bonds. The average Bonchev–Trinajstić information content (AvgIpc) is 2.48. The van der Waals surface area contributed by atoms with Gasteiger partial charge in [0.1, 0.15) is 11.8 Å². The first kappa shape index (κ1) is 13.9. The van der Waals surface area contributed by atoms with Crippen LogP contribution in [-0.2, 0) is 9.47 Å². The van der Waals surface area contributed by atoms with Gasteiger partial charge in [0.05, 0.1) is 18.8 Å². The topological polar surface area (TPSA) is 51.5 Å². The van der Waals surface area contributed by atoms with Crippen molar-refractivity contribution in [3.63, 3.8) is 0 Å². The molecule has 1 saturated heterocycles. The van der Waals surface area contributed by atoms with Gasteiger partial charge in [-0.25, -0.2) is 0 Å². The molecule has 1 atom stereocenters. The summed E-state index contributed by atoms with van der Waals surface area (Å²) in [5.74, 6) is 0.638. The second kappa shape index (κ2) is 7.78. The Kier molecular flexibility index (Phi) is 5.67. The molecule has 4 nitrogen and oxygen atoms in total. The summed E-state index contributed by atoms with van der Waals surface area (Å²) in [6.45, 7) is 1.97. The van der Waals surface area contributed by atoms with Crippen LogP contribution in [0.3, 0.4) is 0 Å². The predicted octanol–water partition coefficient (Wildman–Crippen LogP) is 2.87. The van der Waals surface area contributed by atoms with E-state index >= 15 is 0 Å². The summed E-state index contributed by atoms with van der Waals surface area (Å²) >= 11 is 0. The predicted molar refractivity (Wildman–Crippen MR) is 70.8 cm³/mol. The summed E-state index contributed by atoms with van der Waals surface area (Å²) in [5.41, 5.74) is 0.569. The van der Waals surface area contributed by atoms with E-state index in [0.717, 1.165) is 25.9 Å². The summed E-state index contributed by atoms with van der Waals surface area (Å²) in [7, 11) is 0. The molecule has 102 valence electrons. The molecule has 1 heterocycles. The van der Waals surface area contributed by atoms with Crippen molar-refractivity contribution in [2.24, 2.45) is 0 Å². The summed E-state index contributed by atoms with van der Waals surface area (Å²) in [5, 5.41) is 8.92. The summed E-state index contributed by atoms with van der Waals surface area (Å²) in [6.07, 6.45) is 4.04. The number of hydrogen-bond acceptors (Lipinski definition) is 4. The number of para-hydroxylation sites is 1. The molecule has 1 aromatic rings. The van der Waals surface area contributed by atoms with Crippen LogP contribution < -0.4 is 4.74 Å². The van der Waals surface area contributed by atoms with Crippen LogP contribution in [-0.4, -0.2) is 26.1 Å². The van der Waals surface area contributed by atoms with Crippen LogP contribution in [0.5, 0.6) is 5.75 Å². The van der Waals surface area contributed by atoms with Crippen molar-refractivity contribution in [3.8, 4) is 11.8 Å². The fraction of sp³-hybridized carbons (Fsp3) is 0.533. The Morgan fingerprint density at radius 2 is 2.16 bits per heavy atom. The van der Waals surface area contributed by atoms with E-state index in [2.05, 4.69) is 6.07 Å². The molecule has 4 heteroatoms. The largest absolute Gasteiger partial charge is 0.492 e. The molecule has 2 rings (SSSR count). The summed E-state index contributed by atoms with van der Waals surface area (Å²) < 4.78 is 16.7. The third-order valence-corrected chi connectivity index (χ3v) is 3.00. The average molecular weight is 261 g/mol. The Hall–Kier alpha value is -1.57. The van der Waals surface area contributed by atoms with Gasteiger partial charge in [-0.1, -0.05) is 12.1 Å². The van der Waals surface area contributed by atoms with Crippen LogP contribution in [0.15, 0.2) is 24.3 Å². The molecule has 0 bridgehead atoms. The summed E-state index contributed by atoms with van der Waals surface area (Å²) in [4.78, 5) is 0. The zero-order valence-electron chi connectivity index (χ0n) is 11.0.